The zero-order valence-electron chi connectivity index (χ0n) is 11.5. The molecule has 0 saturated carbocycles. The minimum atomic E-state index is -3.56. The molecule has 0 atom stereocenters. The van der Waals surface area contributed by atoms with Crippen molar-refractivity contribution in [2.75, 3.05) is 19.3 Å². The standard InChI is InChI=1S/C13H16N2O5S/c1-21(18,19)14-12(16)11-7-15(8-11)13(17)20-9-10-5-3-2-4-6-10/h2-6,11H,7-9H2,1H3,(H,14,16). The molecule has 21 heavy (non-hydrogen) atoms. The molecule has 1 saturated heterocycles. The number of rotatable bonds is 4. The Balaban J connectivity index is 1.74. The number of hydrogen-bond donors (Lipinski definition) is 1. The van der Waals surface area contributed by atoms with Gasteiger partial charge in [0.05, 0.1) is 12.2 Å². The summed E-state index contributed by atoms with van der Waals surface area (Å²) in [6.07, 6.45) is 0.400. The van der Waals surface area contributed by atoms with Crippen LogP contribution in [0.4, 0.5) is 4.79 Å². The van der Waals surface area contributed by atoms with E-state index in [1.165, 1.54) is 4.90 Å². The third-order valence-electron chi connectivity index (χ3n) is 3.00. The quantitative estimate of drug-likeness (QED) is 0.865. The van der Waals surface area contributed by atoms with Crippen LogP contribution in [0.1, 0.15) is 5.56 Å². The molecule has 0 unspecified atom stereocenters. The smallest absolute Gasteiger partial charge is 0.410 e. The summed E-state index contributed by atoms with van der Waals surface area (Å²) >= 11 is 0. The molecule has 0 radical (unpaired) electrons. The Hall–Kier alpha value is -2.09. The molecule has 7 nitrogen and oxygen atoms in total. The van der Waals surface area contributed by atoms with Gasteiger partial charge in [0.1, 0.15) is 6.61 Å². The molecule has 0 spiro atoms. The average molecular weight is 312 g/mol. The van der Waals surface area contributed by atoms with Gasteiger partial charge in [0.15, 0.2) is 0 Å². The van der Waals surface area contributed by atoms with E-state index in [9.17, 15) is 18.0 Å². The molecule has 1 aromatic rings. The van der Waals surface area contributed by atoms with Crippen LogP contribution in [-0.4, -0.2) is 44.7 Å². The van der Waals surface area contributed by atoms with Gasteiger partial charge in [-0.1, -0.05) is 30.3 Å². The summed E-state index contributed by atoms with van der Waals surface area (Å²) in [7, 11) is -3.56. The van der Waals surface area contributed by atoms with Crippen LogP contribution in [0, 0.1) is 5.92 Å². The lowest BCUT2D eigenvalue weighted by Gasteiger charge is -2.36. The number of carbonyl (C=O) groups excluding carboxylic acids is 2. The molecule has 0 bridgehead atoms. The molecule has 2 rings (SSSR count). The lowest BCUT2D eigenvalue weighted by Crippen LogP contribution is -2.56. The largest absolute Gasteiger partial charge is 0.445 e. The normalized spacial score (nSPS) is 15.2. The maximum absolute atomic E-state index is 11.7. The molecule has 1 heterocycles. The van der Waals surface area contributed by atoms with E-state index in [2.05, 4.69) is 0 Å². The second-order valence-corrected chi connectivity index (χ2v) is 6.63. The van der Waals surface area contributed by atoms with Gasteiger partial charge in [0.25, 0.3) is 0 Å². The molecule has 1 fully saturated rings. The first kappa shape index (κ1) is 15.3. The highest BCUT2D eigenvalue weighted by Crippen LogP contribution is 2.17. The lowest BCUT2D eigenvalue weighted by atomic mass is 10.0. The van der Waals surface area contributed by atoms with Crippen LogP contribution < -0.4 is 4.72 Å². The number of amides is 2. The van der Waals surface area contributed by atoms with Crippen LogP contribution in [0.2, 0.25) is 0 Å². The van der Waals surface area contributed by atoms with Crippen molar-refractivity contribution in [1.29, 1.82) is 0 Å². The predicted molar refractivity (Wildman–Crippen MR) is 74.7 cm³/mol. The first-order valence-electron chi connectivity index (χ1n) is 6.32. The number of benzene rings is 1. The van der Waals surface area contributed by atoms with Gasteiger partial charge < -0.3 is 9.64 Å². The Morgan fingerprint density at radius 3 is 2.48 bits per heavy atom. The number of hydrogen-bond acceptors (Lipinski definition) is 5. The van der Waals surface area contributed by atoms with Crippen molar-refractivity contribution < 1.29 is 22.7 Å². The van der Waals surface area contributed by atoms with Crippen molar-refractivity contribution in [3.05, 3.63) is 35.9 Å². The Labute approximate surface area is 122 Å². The fraction of sp³-hybridized carbons (Fsp3) is 0.385. The molecule has 1 aromatic carbocycles. The molecule has 0 aromatic heterocycles. The van der Waals surface area contributed by atoms with Crippen molar-refractivity contribution in [3.8, 4) is 0 Å². The Bertz CT molecular complexity index is 623. The van der Waals surface area contributed by atoms with E-state index in [1.54, 1.807) is 0 Å². The first-order chi connectivity index (χ1) is 9.85. The summed E-state index contributed by atoms with van der Waals surface area (Å²) in [6.45, 7) is 0.486. The predicted octanol–water partition coefficient (Wildman–Crippen LogP) is 0.331. The van der Waals surface area contributed by atoms with Crippen molar-refractivity contribution >= 4 is 22.0 Å². The molecule has 114 valence electrons. The van der Waals surface area contributed by atoms with E-state index in [0.717, 1.165) is 11.8 Å². The van der Waals surface area contributed by atoms with Crippen LogP contribution in [0.5, 0.6) is 0 Å². The molecule has 1 N–H and O–H groups in total. The van der Waals surface area contributed by atoms with Crippen molar-refractivity contribution in [3.63, 3.8) is 0 Å². The minimum absolute atomic E-state index is 0.162. The summed E-state index contributed by atoms with van der Waals surface area (Å²) in [4.78, 5) is 24.6. The monoisotopic (exact) mass is 312 g/mol. The van der Waals surface area contributed by atoms with Crippen LogP contribution in [-0.2, 0) is 26.2 Å². The van der Waals surface area contributed by atoms with Gasteiger partial charge in [-0.05, 0) is 5.56 Å². The van der Waals surface area contributed by atoms with Gasteiger partial charge >= 0.3 is 6.09 Å². The molecular formula is C13H16N2O5S. The summed E-state index contributed by atoms with van der Waals surface area (Å²) < 4.78 is 28.8. The van der Waals surface area contributed by atoms with Gasteiger partial charge in [-0.3, -0.25) is 9.52 Å². The summed E-state index contributed by atoms with van der Waals surface area (Å²) in [5.74, 6) is -1.10. The summed E-state index contributed by atoms with van der Waals surface area (Å²) in [6, 6.07) is 9.24. The Morgan fingerprint density at radius 1 is 1.29 bits per heavy atom. The second-order valence-electron chi connectivity index (χ2n) is 4.88. The van der Waals surface area contributed by atoms with Gasteiger partial charge in [0, 0.05) is 13.1 Å². The number of nitrogens with zero attached hydrogens (tertiary/aromatic N) is 1. The number of ether oxygens (including phenoxy) is 1. The highest BCUT2D eigenvalue weighted by molar-refractivity contribution is 7.89. The van der Waals surface area contributed by atoms with Gasteiger partial charge in [-0.25, -0.2) is 13.2 Å². The number of likely N-dealkylation sites (tertiary alicyclic amines) is 1. The highest BCUT2D eigenvalue weighted by Gasteiger charge is 2.37. The zero-order chi connectivity index (χ0) is 15.5. The molecule has 0 aliphatic carbocycles. The third kappa shape index (κ3) is 4.45. The van der Waals surface area contributed by atoms with Crippen molar-refractivity contribution in [1.82, 2.24) is 9.62 Å². The summed E-state index contributed by atoms with van der Waals surface area (Å²) in [5.41, 5.74) is 0.873. The van der Waals surface area contributed by atoms with Crippen LogP contribution in [0.3, 0.4) is 0 Å². The molecule has 2 amide bonds. The van der Waals surface area contributed by atoms with Gasteiger partial charge in [-0.2, -0.15) is 0 Å². The Kier molecular flexibility index (Phi) is 4.46. The zero-order valence-corrected chi connectivity index (χ0v) is 12.3. The van der Waals surface area contributed by atoms with E-state index < -0.39 is 27.9 Å². The highest BCUT2D eigenvalue weighted by atomic mass is 32.2. The summed E-state index contributed by atoms with van der Waals surface area (Å²) in [5, 5.41) is 0. The van der Waals surface area contributed by atoms with Gasteiger partial charge in [0.2, 0.25) is 15.9 Å². The van der Waals surface area contributed by atoms with Crippen molar-refractivity contribution in [2.45, 2.75) is 6.61 Å². The third-order valence-corrected chi connectivity index (χ3v) is 3.57. The first-order valence-corrected chi connectivity index (χ1v) is 8.21. The number of nitrogens with one attached hydrogen (secondary N) is 1. The average Bonchev–Trinajstić information content (AvgIpc) is 2.33. The van der Waals surface area contributed by atoms with E-state index in [-0.39, 0.29) is 19.7 Å². The maximum atomic E-state index is 11.7. The van der Waals surface area contributed by atoms with Crippen LogP contribution in [0.15, 0.2) is 30.3 Å². The van der Waals surface area contributed by atoms with E-state index >= 15 is 0 Å². The number of carbonyl (C=O) groups is 2. The van der Waals surface area contributed by atoms with Crippen LogP contribution in [0.25, 0.3) is 0 Å². The maximum Gasteiger partial charge on any atom is 0.410 e. The molecule has 1 aliphatic heterocycles. The lowest BCUT2D eigenvalue weighted by molar-refractivity contribution is -0.127. The van der Waals surface area contributed by atoms with Gasteiger partial charge in [-0.15, -0.1) is 0 Å². The fourth-order valence-corrected chi connectivity index (χ4v) is 2.40. The molecule has 1 aliphatic rings. The molecule has 8 heteroatoms. The SMILES string of the molecule is CS(=O)(=O)NC(=O)C1CN(C(=O)OCc2ccccc2)C1. The molecular weight excluding hydrogens is 296 g/mol. The fourth-order valence-electron chi connectivity index (χ4n) is 1.87. The number of sulfonamides is 1. The Morgan fingerprint density at radius 2 is 1.90 bits per heavy atom. The van der Waals surface area contributed by atoms with Crippen molar-refractivity contribution in [2.24, 2.45) is 5.92 Å². The van der Waals surface area contributed by atoms with E-state index in [4.69, 9.17) is 4.74 Å². The second kappa shape index (κ2) is 6.13. The topological polar surface area (TPSA) is 92.8 Å². The van der Waals surface area contributed by atoms with E-state index in [0.29, 0.717) is 0 Å². The van der Waals surface area contributed by atoms with Crippen LogP contribution >= 0.6 is 0 Å². The van der Waals surface area contributed by atoms with E-state index in [1.807, 2.05) is 35.1 Å². The minimum Gasteiger partial charge on any atom is -0.445 e.